The zero-order chi connectivity index (χ0) is 16.2. The number of benzene rings is 2. The molecule has 120 valence electrons. The summed E-state index contributed by atoms with van der Waals surface area (Å²) in [6.45, 7) is 6.67. The highest BCUT2D eigenvalue weighted by atomic mass is 16.5. The lowest BCUT2D eigenvalue weighted by molar-refractivity contribution is 0.414. The smallest absolute Gasteiger partial charge is 0.118 e. The fraction of sp³-hybridized carbons (Fsp3) is 0.429. The molecule has 0 N–H and O–H groups in total. The van der Waals surface area contributed by atoms with Gasteiger partial charge in [0.1, 0.15) is 5.75 Å². The number of ether oxygens (including phenoxy) is 1. The molecule has 0 bridgehead atoms. The van der Waals surface area contributed by atoms with Gasteiger partial charge in [-0.05, 0) is 48.4 Å². The Hall–Kier alpha value is -1.76. The van der Waals surface area contributed by atoms with Crippen molar-refractivity contribution in [1.29, 1.82) is 0 Å². The highest BCUT2D eigenvalue weighted by Gasteiger charge is 2.01. The van der Waals surface area contributed by atoms with Gasteiger partial charge < -0.3 is 4.74 Å². The van der Waals surface area contributed by atoms with Crippen LogP contribution in [0.15, 0.2) is 54.6 Å². The summed E-state index contributed by atoms with van der Waals surface area (Å²) in [5, 5.41) is 0. The first-order valence-electron chi connectivity index (χ1n) is 8.39. The first kappa shape index (κ1) is 18.3. The molecular weight excluding hydrogens is 268 g/mol. The molecule has 2 aromatic rings. The van der Waals surface area contributed by atoms with Crippen molar-refractivity contribution in [1.82, 2.24) is 0 Å². The maximum atomic E-state index is 5.08. The predicted molar refractivity (Wildman–Crippen MR) is 96.8 cm³/mol. The van der Waals surface area contributed by atoms with Crippen LogP contribution in [0.25, 0.3) is 0 Å². The van der Waals surface area contributed by atoms with Gasteiger partial charge in [-0.15, -0.1) is 0 Å². The summed E-state index contributed by atoms with van der Waals surface area (Å²) in [7, 11) is 1.69. The molecule has 0 radical (unpaired) electrons. The molecule has 1 atom stereocenters. The summed E-state index contributed by atoms with van der Waals surface area (Å²) < 4.78 is 5.08. The molecule has 0 aliphatic heterocycles. The fourth-order valence-electron chi connectivity index (χ4n) is 2.19. The van der Waals surface area contributed by atoms with Gasteiger partial charge in [0.2, 0.25) is 0 Å². The summed E-state index contributed by atoms with van der Waals surface area (Å²) in [5.74, 6) is 1.58. The van der Waals surface area contributed by atoms with Crippen LogP contribution in [0.4, 0.5) is 0 Å². The zero-order valence-electron chi connectivity index (χ0n) is 14.5. The van der Waals surface area contributed by atoms with E-state index in [1.165, 1.54) is 36.8 Å². The minimum Gasteiger partial charge on any atom is -0.497 e. The molecule has 1 unspecified atom stereocenters. The third-order valence-electron chi connectivity index (χ3n) is 3.96. The van der Waals surface area contributed by atoms with E-state index in [1.54, 1.807) is 7.11 Å². The standard InChI is InChI=1S/C11H16O.C10H14/c1-4-9(2)10-5-7-11(12-3)8-6-10;1-2-3-7-10-8-5-4-6-9-10/h5-9H,4H2,1-3H3;4-6,8-9H,2-3,7H2,1H3. The summed E-state index contributed by atoms with van der Waals surface area (Å²) >= 11 is 0. The van der Waals surface area contributed by atoms with Gasteiger partial charge in [-0.1, -0.05) is 69.7 Å². The fourth-order valence-corrected chi connectivity index (χ4v) is 2.19. The largest absolute Gasteiger partial charge is 0.497 e. The molecule has 0 spiro atoms. The lowest BCUT2D eigenvalue weighted by Crippen LogP contribution is -1.90. The molecule has 0 saturated heterocycles. The van der Waals surface area contributed by atoms with E-state index in [0.29, 0.717) is 5.92 Å². The summed E-state index contributed by atoms with van der Waals surface area (Å²) in [5.41, 5.74) is 2.85. The molecule has 0 aromatic heterocycles. The Kier molecular flexibility index (Phi) is 9.06. The highest BCUT2D eigenvalue weighted by molar-refractivity contribution is 5.28. The molecule has 1 nitrogen and oxygen atoms in total. The second kappa shape index (κ2) is 10.9. The van der Waals surface area contributed by atoms with Crippen LogP contribution in [-0.4, -0.2) is 7.11 Å². The maximum absolute atomic E-state index is 5.08. The van der Waals surface area contributed by atoms with E-state index >= 15 is 0 Å². The molecule has 0 heterocycles. The number of hydrogen-bond acceptors (Lipinski definition) is 1. The van der Waals surface area contributed by atoms with Crippen LogP contribution in [0, 0.1) is 0 Å². The van der Waals surface area contributed by atoms with Crippen LogP contribution in [0.3, 0.4) is 0 Å². The van der Waals surface area contributed by atoms with E-state index in [0.717, 1.165) is 5.75 Å². The lowest BCUT2D eigenvalue weighted by Gasteiger charge is -2.08. The van der Waals surface area contributed by atoms with Gasteiger partial charge >= 0.3 is 0 Å². The van der Waals surface area contributed by atoms with E-state index < -0.39 is 0 Å². The van der Waals surface area contributed by atoms with E-state index in [2.05, 4.69) is 63.2 Å². The average Bonchev–Trinajstić information content (AvgIpc) is 2.60. The van der Waals surface area contributed by atoms with Crippen molar-refractivity contribution < 1.29 is 4.74 Å². The third kappa shape index (κ3) is 6.80. The lowest BCUT2D eigenvalue weighted by atomic mass is 9.99. The van der Waals surface area contributed by atoms with Gasteiger partial charge in [0, 0.05) is 0 Å². The van der Waals surface area contributed by atoms with E-state index in [4.69, 9.17) is 4.74 Å². The molecule has 2 rings (SSSR count). The minimum atomic E-state index is 0.649. The Morgan fingerprint density at radius 3 is 2.05 bits per heavy atom. The van der Waals surface area contributed by atoms with Crippen LogP contribution in [-0.2, 0) is 6.42 Å². The second-order valence-corrected chi connectivity index (χ2v) is 5.67. The average molecular weight is 298 g/mol. The Bertz CT molecular complexity index is 487. The van der Waals surface area contributed by atoms with Crippen molar-refractivity contribution in [2.75, 3.05) is 7.11 Å². The van der Waals surface area contributed by atoms with Gasteiger partial charge in [-0.25, -0.2) is 0 Å². The van der Waals surface area contributed by atoms with Crippen molar-refractivity contribution in [3.63, 3.8) is 0 Å². The molecule has 2 aromatic carbocycles. The second-order valence-electron chi connectivity index (χ2n) is 5.67. The quantitative estimate of drug-likeness (QED) is 0.613. The van der Waals surface area contributed by atoms with Crippen molar-refractivity contribution >= 4 is 0 Å². The molecular formula is C21H30O. The van der Waals surface area contributed by atoms with Crippen LogP contribution >= 0.6 is 0 Å². The minimum absolute atomic E-state index is 0.649. The van der Waals surface area contributed by atoms with Gasteiger partial charge in [0.25, 0.3) is 0 Å². The Balaban J connectivity index is 0.000000224. The number of methoxy groups -OCH3 is 1. The molecule has 22 heavy (non-hydrogen) atoms. The van der Waals surface area contributed by atoms with Crippen molar-refractivity contribution in [2.45, 2.75) is 52.4 Å². The molecule has 1 heteroatoms. The van der Waals surface area contributed by atoms with Gasteiger partial charge in [-0.2, -0.15) is 0 Å². The van der Waals surface area contributed by atoms with E-state index in [1.807, 2.05) is 12.1 Å². The Morgan fingerprint density at radius 1 is 0.909 bits per heavy atom. The molecule has 0 saturated carbocycles. The first-order chi connectivity index (χ1) is 10.7. The Labute approximate surface area is 136 Å². The monoisotopic (exact) mass is 298 g/mol. The summed E-state index contributed by atoms with van der Waals surface area (Å²) in [6.07, 6.45) is 5.02. The molecule has 0 fully saturated rings. The number of hydrogen-bond donors (Lipinski definition) is 0. The normalized spacial score (nSPS) is 11.3. The van der Waals surface area contributed by atoms with E-state index in [-0.39, 0.29) is 0 Å². The topological polar surface area (TPSA) is 9.23 Å². The number of rotatable bonds is 6. The SMILES string of the molecule is CCC(C)c1ccc(OC)cc1.CCCCc1ccccc1. The highest BCUT2D eigenvalue weighted by Crippen LogP contribution is 2.20. The van der Waals surface area contributed by atoms with Gasteiger partial charge in [0.15, 0.2) is 0 Å². The molecule has 0 aliphatic carbocycles. The van der Waals surface area contributed by atoms with Crippen LogP contribution in [0.5, 0.6) is 5.75 Å². The van der Waals surface area contributed by atoms with Crippen molar-refractivity contribution in [3.8, 4) is 5.75 Å². The van der Waals surface area contributed by atoms with Crippen LogP contribution < -0.4 is 4.74 Å². The van der Waals surface area contributed by atoms with E-state index in [9.17, 15) is 0 Å². The Morgan fingerprint density at radius 2 is 1.55 bits per heavy atom. The van der Waals surface area contributed by atoms with Crippen LogP contribution in [0.1, 0.15) is 57.1 Å². The summed E-state index contributed by atoms with van der Waals surface area (Å²) in [6, 6.07) is 18.9. The number of unbranched alkanes of at least 4 members (excludes halogenated alkanes) is 1. The van der Waals surface area contributed by atoms with Gasteiger partial charge in [-0.3, -0.25) is 0 Å². The maximum Gasteiger partial charge on any atom is 0.118 e. The van der Waals surface area contributed by atoms with Crippen LogP contribution in [0.2, 0.25) is 0 Å². The zero-order valence-corrected chi connectivity index (χ0v) is 14.5. The predicted octanol–water partition coefficient (Wildman–Crippen LogP) is 6.24. The van der Waals surface area contributed by atoms with Crippen molar-refractivity contribution in [2.24, 2.45) is 0 Å². The molecule has 0 aliphatic rings. The first-order valence-corrected chi connectivity index (χ1v) is 8.39. The summed E-state index contributed by atoms with van der Waals surface area (Å²) in [4.78, 5) is 0. The number of aryl methyl sites for hydroxylation is 1. The van der Waals surface area contributed by atoms with Gasteiger partial charge in [0.05, 0.1) is 7.11 Å². The van der Waals surface area contributed by atoms with Crippen molar-refractivity contribution in [3.05, 3.63) is 65.7 Å². The molecule has 0 amide bonds. The third-order valence-corrected chi connectivity index (χ3v) is 3.96.